The van der Waals surface area contributed by atoms with E-state index in [-0.39, 0.29) is 12.2 Å². The standard InChI is InChI=1S/C15H11Cl2NO2/c16-11-6-7-12(17)13(8-11)18-15(20)9-14(19)10-4-2-1-3-5-10/h1-8H,9H2,(H,18,20). The van der Waals surface area contributed by atoms with Crippen molar-refractivity contribution in [2.75, 3.05) is 5.32 Å². The van der Waals surface area contributed by atoms with Crippen LogP contribution < -0.4 is 5.32 Å². The van der Waals surface area contributed by atoms with Crippen LogP contribution in [0.5, 0.6) is 0 Å². The molecule has 0 aliphatic carbocycles. The molecule has 0 aliphatic rings. The van der Waals surface area contributed by atoms with Gasteiger partial charge in [0, 0.05) is 10.6 Å². The fraction of sp³-hybridized carbons (Fsp3) is 0.0667. The number of ketones is 1. The highest BCUT2D eigenvalue weighted by molar-refractivity contribution is 6.35. The van der Waals surface area contributed by atoms with Gasteiger partial charge in [-0.1, -0.05) is 53.5 Å². The Bertz CT molecular complexity index is 642. The van der Waals surface area contributed by atoms with Gasteiger partial charge in [0.05, 0.1) is 17.1 Å². The summed E-state index contributed by atoms with van der Waals surface area (Å²) < 4.78 is 0. The van der Waals surface area contributed by atoms with Crippen molar-refractivity contribution in [1.82, 2.24) is 0 Å². The first-order chi connectivity index (χ1) is 9.56. The maximum atomic E-state index is 11.9. The zero-order chi connectivity index (χ0) is 14.5. The predicted octanol–water partition coefficient (Wildman–Crippen LogP) is 4.20. The zero-order valence-electron chi connectivity index (χ0n) is 10.4. The van der Waals surface area contributed by atoms with E-state index in [2.05, 4.69) is 5.32 Å². The summed E-state index contributed by atoms with van der Waals surface area (Å²) in [6, 6.07) is 13.4. The van der Waals surface area contributed by atoms with E-state index in [4.69, 9.17) is 23.2 Å². The largest absolute Gasteiger partial charge is 0.324 e. The molecule has 1 amide bonds. The van der Waals surface area contributed by atoms with Crippen LogP contribution in [0.15, 0.2) is 48.5 Å². The monoisotopic (exact) mass is 307 g/mol. The second kappa shape index (κ2) is 6.55. The molecule has 2 aromatic rings. The zero-order valence-corrected chi connectivity index (χ0v) is 11.9. The maximum Gasteiger partial charge on any atom is 0.232 e. The fourth-order valence-electron chi connectivity index (χ4n) is 1.66. The van der Waals surface area contributed by atoms with Crippen molar-refractivity contribution in [3.05, 3.63) is 64.1 Å². The minimum absolute atomic E-state index is 0.243. The Morgan fingerprint density at radius 2 is 1.70 bits per heavy atom. The van der Waals surface area contributed by atoms with Gasteiger partial charge in [-0.15, -0.1) is 0 Å². The van der Waals surface area contributed by atoms with Crippen molar-refractivity contribution in [2.24, 2.45) is 0 Å². The SMILES string of the molecule is O=C(CC(=O)c1ccccc1)Nc1cc(Cl)ccc1Cl. The molecule has 3 nitrogen and oxygen atoms in total. The molecule has 2 aromatic carbocycles. The van der Waals surface area contributed by atoms with Gasteiger partial charge in [-0.2, -0.15) is 0 Å². The normalized spacial score (nSPS) is 10.1. The Balaban J connectivity index is 2.03. The van der Waals surface area contributed by atoms with E-state index in [1.165, 1.54) is 6.07 Å². The number of Topliss-reactive ketones (excluding diaryl/α,β-unsaturated/α-hetero) is 1. The first kappa shape index (κ1) is 14.6. The van der Waals surface area contributed by atoms with Crippen LogP contribution in [0.3, 0.4) is 0 Å². The van der Waals surface area contributed by atoms with Gasteiger partial charge in [0.15, 0.2) is 5.78 Å². The van der Waals surface area contributed by atoms with Crippen LogP contribution in [0, 0.1) is 0 Å². The Hall–Kier alpha value is -1.84. The molecule has 1 N–H and O–H groups in total. The van der Waals surface area contributed by atoms with E-state index in [1.54, 1.807) is 36.4 Å². The molecule has 0 unspecified atom stereocenters. The van der Waals surface area contributed by atoms with Gasteiger partial charge in [0.1, 0.15) is 0 Å². The fourth-order valence-corrected chi connectivity index (χ4v) is 2.00. The van der Waals surface area contributed by atoms with Crippen LogP contribution >= 0.6 is 23.2 Å². The van der Waals surface area contributed by atoms with Crippen molar-refractivity contribution in [1.29, 1.82) is 0 Å². The lowest BCUT2D eigenvalue weighted by molar-refractivity contribution is -0.115. The number of carbonyl (C=O) groups is 2. The topological polar surface area (TPSA) is 46.2 Å². The quantitative estimate of drug-likeness (QED) is 0.679. The first-order valence-electron chi connectivity index (χ1n) is 5.89. The maximum absolute atomic E-state index is 11.9. The summed E-state index contributed by atoms with van der Waals surface area (Å²) in [7, 11) is 0. The Kier molecular flexibility index (Phi) is 4.77. The van der Waals surface area contributed by atoms with E-state index < -0.39 is 5.91 Å². The number of hydrogen-bond donors (Lipinski definition) is 1. The second-order valence-electron chi connectivity index (χ2n) is 4.14. The summed E-state index contributed by atoms with van der Waals surface area (Å²) >= 11 is 11.8. The number of benzene rings is 2. The molecule has 0 radical (unpaired) electrons. The van der Waals surface area contributed by atoms with Gasteiger partial charge >= 0.3 is 0 Å². The van der Waals surface area contributed by atoms with E-state index in [0.717, 1.165) is 0 Å². The van der Waals surface area contributed by atoms with E-state index in [1.807, 2.05) is 6.07 Å². The number of carbonyl (C=O) groups excluding carboxylic acids is 2. The average molecular weight is 308 g/mol. The minimum Gasteiger partial charge on any atom is -0.324 e. The van der Waals surface area contributed by atoms with Crippen molar-refractivity contribution < 1.29 is 9.59 Å². The van der Waals surface area contributed by atoms with Gasteiger partial charge in [-0.25, -0.2) is 0 Å². The minimum atomic E-state index is -0.428. The smallest absolute Gasteiger partial charge is 0.232 e. The number of amides is 1. The molecule has 102 valence electrons. The van der Waals surface area contributed by atoms with Crippen molar-refractivity contribution in [2.45, 2.75) is 6.42 Å². The average Bonchev–Trinajstić information content (AvgIpc) is 2.43. The van der Waals surface area contributed by atoms with Crippen LogP contribution in [0.25, 0.3) is 0 Å². The third-order valence-electron chi connectivity index (χ3n) is 2.62. The Labute approximate surface area is 126 Å². The highest BCUT2D eigenvalue weighted by atomic mass is 35.5. The lowest BCUT2D eigenvalue weighted by atomic mass is 10.1. The molecule has 0 saturated heterocycles. The Morgan fingerprint density at radius 3 is 2.40 bits per heavy atom. The number of rotatable bonds is 4. The van der Waals surface area contributed by atoms with Crippen LogP contribution in [0.2, 0.25) is 10.0 Å². The van der Waals surface area contributed by atoms with Crippen LogP contribution in [-0.2, 0) is 4.79 Å². The predicted molar refractivity (Wildman–Crippen MR) is 80.5 cm³/mol. The lowest BCUT2D eigenvalue weighted by Crippen LogP contribution is -2.16. The highest BCUT2D eigenvalue weighted by Gasteiger charge is 2.13. The molecule has 0 bridgehead atoms. The molecule has 0 spiro atoms. The van der Waals surface area contributed by atoms with E-state index in [9.17, 15) is 9.59 Å². The molecular weight excluding hydrogens is 297 g/mol. The van der Waals surface area contributed by atoms with Crippen molar-refractivity contribution in [3.63, 3.8) is 0 Å². The lowest BCUT2D eigenvalue weighted by Gasteiger charge is -2.07. The van der Waals surface area contributed by atoms with Crippen LogP contribution in [0.4, 0.5) is 5.69 Å². The van der Waals surface area contributed by atoms with Gasteiger partial charge in [-0.3, -0.25) is 9.59 Å². The molecule has 0 saturated carbocycles. The van der Waals surface area contributed by atoms with Gasteiger partial charge in [-0.05, 0) is 18.2 Å². The molecule has 20 heavy (non-hydrogen) atoms. The number of nitrogens with one attached hydrogen (secondary N) is 1. The number of halogens is 2. The third-order valence-corrected chi connectivity index (χ3v) is 3.18. The van der Waals surface area contributed by atoms with Crippen LogP contribution in [0.1, 0.15) is 16.8 Å². The molecule has 0 heterocycles. The third kappa shape index (κ3) is 3.83. The molecule has 0 aromatic heterocycles. The first-order valence-corrected chi connectivity index (χ1v) is 6.65. The summed E-state index contributed by atoms with van der Waals surface area (Å²) in [5.74, 6) is -0.677. The van der Waals surface area contributed by atoms with Gasteiger partial charge < -0.3 is 5.32 Å². The summed E-state index contributed by atoms with van der Waals surface area (Å²) in [5.41, 5.74) is 0.893. The van der Waals surface area contributed by atoms with E-state index in [0.29, 0.717) is 21.3 Å². The molecule has 5 heteroatoms. The van der Waals surface area contributed by atoms with Crippen molar-refractivity contribution >= 4 is 40.6 Å². The summed E-state index contributed by atoms with van der Waals surface area (Å²) in [5, 5.41) is 3.40. The summed E-state index contributed by atoms with van der Waals surface area (Å²) in [4.78, 5) is 23.7. The molecule has 0 atom stereocenters. The van der Waals surface area contributed by atoms with Gasteiger partial charge in [0.25, 0.3) is 0 Å². The summed E-state index contributed by atoms with van der Waals surface area (Å²) in [6.07, 6.45) is -0.243. The van der Waals surface area contributed by atoms with Gasteiger partial charge in [0.2, 0.25) is 5.91 Å². The molecule has 2 rings (SSSR count). The number of hydrogen-bond acceptors (Lipinski definition) is 2. The molecule has 0 aliphatic heterocycles. The second-order valence-corrected chi connectivity index (χ2v) is 4.98. The van der Waals surface area contributed by atoms with Crippen molar-refractivity contribution in [3.8, 4) is 0 Å². The Morgan fingerprint density at radius 1 is 1.00 bits per heavy atom. The molecular formula is C15H11Cl2NO2. The summed E-state index contributed by atoms with van der Waals surface area (Å²) in [6.45, 7) is 0. The number of anilines is 1. The highest BCUT2D eigenvalue weighted by Crippen LogP contribution is 2.25. The van der Waals surface area contributed by atoms with Crippen LogP contribution in [-0.4, -0.2) is 11.7 Å². The van der Waals surface area contributed by atoms with E-state index >= 15 is 0 Å². The molecule has 0 fully saturated rings.